The van der Waals surface area contributed by atoms with E-state index in [2.05, 4.69) is 5.32 Å². The van der Waals surface area contributed by atoms with Gasteiger partial charge in [-0.3, -0.25) is 4.79 Å². The Kier molecular flexibility index (Phi) is 4.18. The number of rotatable bonds is 4. The van der Waals surface area contributed by atoms with Crippen LogP contribution in [0.4, 0.5) is 5.69 Å². The second-order valence-electron chi connectivity index (χ2n) is 4.68. The molecule has 3 N–H and O–H groups in total. The molecule has 0 spiro atoms. The standard InChI is InChI=1S/C16H18N2O/c1-12-2-4-14(5-3-12)11-18-16(19)10-13-6-8-15(17)9-7-13/h2-9H,10-11,17H2,1H3,(H,18,19). The number of carbonyl (C=O) groups is 1. The summed E-state index contributed by atoms with van der Waals surface area (Å²) in [5, 5.41) is 2.91. The number of hydrogen-bond acceptors (Lipinski definition) is 2. The molecule has 3 heteroatoms. The highest BCUT2D eigenvalue weighted by atomic mass is 16.1. The van der Waals surface area contributed by atoms with Crippen molar-refractivity contribution in [3.63, 3.8) is 0 Å². The summed E-state index contributed by atoms with van der Waals surface area (Å²) in [6, 6.07) is 15.5. The number of nitrogen functional groups attached to an aromatic ring is 1. The minimum Gasteiger partial charge on any atom is -0.399 e. The molecule has 0 heterocycles. The van der Waals surface area contributed by atoms with E-state index in [1.165, 1.54) is 5.56 Å². The molecule has 98 valence electrons. The van der Waals surface area contributed by atoms with Gasteiger partial charge in [-0.1, -0.05) is 42.0 Å². The van der Waals surface area contributed by atoms with E-state index in [0.717, 1.165) is 11.1 Å². The molecule has 0 unspecified atom stereocenters. The number of benzene rings is 2. The van der Waals surface area contributed by atoms with Gasteiger partial charge in [0.1, 0.15) is 0 Å². The van der Waals surface area contributed by atoms with Crippen LogP contribution in [0.2, 0.25) is 0 Å². The Morgan fingerprint density at radius 1 is 1.00 bits per heavy atom. The highest BCUT2D eigenvalue weighted by Gasteiger charge is 2.03. The maximum absolute atomic E-state index is 11.8. The zero-order chi connectivity index (χ0) is 13.7. The lowest BCUT2D eigenvalue weighted by atomic mass is 10.1. The number of nitrogens with two attached hydrogens (primary N) is 1. The van der Waals surface area contributed by atoms with Crippen molar-refractivity contribution in [2.24, 2.45) is 0 Å². The molecule has 19 heavy (non-hydrogen) atoms. The van der Waals surface area contributed by atoms with E-state index in [1.807, 2.05) is 55.5 Å². The molecular weight excluding hydrogens is 236 g/mol. The molecule has 0 aliphatic rings. The van der Waals surface area contributed by atoms with Crippen molar-refractivity contribution >= 4 is 11.6 Å². The van der Waals surface area contributed by atoms with Crippen molar-refractivity contribution in [2.75, 3.05) is 5.73 Å². The van der Waals surface area contributed by atoms with Crippen molar-refractivity contribution in [3.8, 4) is 0 Å². The van der Waals surface area contributed by atoms with Crippen molar-refractivity contribution in [2.45, 2.75) is 19.9 Å². The van der Waals surface area contributed by atoms with Crippen molar-refractivity contribution < 1.29 is 4.79 Å². The first kappa shape index (κ1) is 13.1. The topological polar surface area (TPSA) is 55.1 Å². The lowest BCUT2D eigenvalue weighted by molar-refractivity contribution is -0.120. The van der Waals surface area contributed by atoms with Crippen LogP contribution in [0.25, 0.3) is 0 Å². The Hall–Kier alpha value is -2.29. The summed E-state index contributed by atoms with van der Waals surface area (Å²) < 4.78 is 0. The SMILES string of the molecule is Cc1ccc(CNC(=O)Cc2ccc(N)cc2)cc1. The molecule has 1 amide bonds. The zero-order valence-electron chi connectivity index (χ0n) is 11.0. The van der Waals surface area contributed by atoms with Gasteiger partial charge in [-0.2, -0.15) is 0 Å². The van der Waals surface area contributed by atoms with Crippen molar-refractivity contribution in [1.82, 2.24) is 5.32 Å². The summed E-state index contributed by atoms with van der Waals surface area (Å²) in [7, 11) is 0. The van der Waals surface area contributed by atoms with Gasteiger partial charge in [0.2, 0.25) is 5.91 Å². The van der Waals surface area contributed by atoms with Gasteiger partial charge in [0, 0.05) is 12.2 Å². The summed E-state index contributed by atoms with van der Waals surface area (Å²) in [4.78, 5) is 11.8. The second kappa shape index (κ2) is 6.05. The van der Waals surface area contributed by atoms with E-state index in [1.54, 1.807) is 0 Å². The molecule has 0 saturated carbocycles. The maximum atomic E-state index is 11.8. The van der Waals surface area contributed by atoms with Gasteiger partial charge in [0.25, 0.3) is 0 Å². The van der Waals surface area contributed by atoms with Crippen molar-refractivity contribution in [1.29, 1.82) is 0 Å². The highest BCUT2D eigenvalue weighted by Crippen LogP contribution is 2.06. The molecule has 0 bridgehead atoms. The van der Waals surface area contributed by atoms with Gasteiger partial charge in [-0.25, -0.2) is 0 Å². The van der Waals surface area contributed by atoms with Crippen LogP contribution in [0.3, 0.4) is 0 Å². The minimum absolute atomic E-state index is 0.0188. The number of hydrogen-bond donors (Lipinski definition) is 2. The first-order valence-corrected chi connectivity index (χ1v) is 6.30. The molecular formula is C16H18N2O. The maximum Gasteiger partial charge on any atom is 0.224 e. The zero-order valence-corrected chi connectivity index (χ0v) is 11.0. The van der Waals surface area contributed by atoms with Gasteiger partial charge in [-0.05, 0) is 30.2 Å². The van der Waals surface area contributed by atoms with Crippen LogP contribution >= 0.6 is 0 Å². The predicted molar refractivity (Wildman–Crippen MR) is 77.6 cm³/mol. The fourth-order valence-electron chi connectivity index (χ4n) is 1.79. The number of amides is 1. The predicted octanol–water partition coefficient (Wildman–Crippen LogP) is 2.44. The van der Waals surface area contributed by atoms with Crippen LogP contribution in [-0.2, 0) is 17.8 Å². The molecule has 0 fully saturated rings. The summed E-state index contributed by atoms with van der Waals surface area (Å²) in [6.45, 7) is 2.61. The van der Waals surface area contributed by atoms with Crippen LogP contribution in [0.1, 0.15) is 16.7 Å². The number of carbonyl (C=O) groups excluding carboxylic acids is 1. The van der Waals surface area contributed by atoms with Gasteiger partial charge in [-0.15, -0.1) is 0 Å². The highest BCUT2D eigenvalue weighted by molar-refractivity contribution is 5.78. The third kappa shape index (κ3) is 4.14. The molecule has 0 saturated heterocycles. The van der Waals surface area contributed by atoms with E-state index < -0.39 is 0 Å². The number of anilines is 1. The summed E-state index contributed by atoms with van der Waals surface area (Å²) >= 11 is 0. The van der Waals surface area contributed by atoms with Crippen LogP contribution in [0.5, 0.6) is 0 Å². The van der Waals surface area contributed by atoms with Crippen LogP contribution in [0, 0.1) is 6.92 Å². The summed E-state index contributed by atoms with van der Waals surface area (Å²) in [5.74, 6) is 0.0188. The Bertz CT molecular complexity index is 544. The van der Waals surface area contributed by atoms with E-state index in [9.17, 15) is 4.79 Å². The first-order chi connectivity index (χ1) is 9.13. The van der Waals surface area contributed by atoms with Crippen LogP contribution in [0.15, 0.2) is 48.5 Å². The summed E-state index contributed by atoms with van der Waals surface area (Å²) in [5.41, 5.74) is 9.61. The molecule has 3 nitrogen and oxygen atoms in total. The van der Waals surface area contributed by atoms with Gasteiger partial charge in [0.05, 0.1) is 6.42 Å². The average Bonchev–Trinajstić information content (AvgIpc) is 2.41. The minimum atomic E-state index is 0.0188. The third-order valence-electron chi connectivity index (χ3n) is 2.95. The lowest BCUT2D eigenvalue weighted by Crippen LogP contribution is -2.24. The lowest BCUT2D eigenvalue weighted by Gasteiger charge is -2.06. The Balaban J connectivity index is 1.84. The largest absolute Gasteiger partial charge is 0.399 e. The normalized spacial score (nSPS) is 10.2. The van der Waals surface area contributed by atoms with Gasteiger partial charge in [0.15, 0.2) is 0 Å². The van der Waals surface area contributed by atoms with Crippen LogP contribution < -0.4 is 11.1 Å². The third-order valence-corrected chi connectivity index (χ3v) is 2.95. The quantitative estimate of drug-likeness (QED) is 0.823. The summed E-state index contributed by atoms with van der Waals surface area (Å²) in [6.07, 6.45) is 0.381. The van der Waals surface area contributed by atoms with Crippen LogP contribution in [-0.4, -0.2) is 5.91 Å². The smallest absolute Gasteiger partial charge is 0.224 e. The number of aryl methyl sites for hydroxylation is 1. The second-order valence-corrected chi connectivity index (χ2v) is 4.68. The van der Waals surface area contributed by atoms with E-state index in [-0.39, 0.29) is 5.91 Å². The fraction of sp³-hybridized carbons (Fsp3) is 0.188. The number of nitrogens with one attached hydrogen (secondary N) is 1. The van der Waals surface area contributed by atoms with Crippen molar-refractivity contribution in [3.05, 3.63) is 65.2 Å². The van der Waals surface area contributed by atoms with Gasteiger partial charge >= 0.3 is 0 Å². The molecule has 2 rings (SSSR count). The molecule has 0 radical (unpaired) electrons. The van der Waals surface area contributed by atoms with E-state index in [0.29, 0.717) is 18.7 Å². The Morgan fingerprint density at radius 2 is 1.58 bits per heavy atom. The molecule has 0 aromatic heterocycles. The van der Waals surface area contributed by atoms with E-state index >= 15 is 0 Å². The molecule has 2 aromatic rings. The molecule has 0 aliphatic heterocycles. The van der Waals surface area contributed by atoms with Gasteiger partial charge < -0.3 is 11.1 Å². The van der Waals surface area contributed by atoms with E-state index in [4.69, 9.17) is 5.73 Å². The fourth-order valence-corrected chi connectivity index (χ4v) is 1.79. The average molecular weight is 254 g/mol. The Morgan fingerprint density at radius 3 is 2.21 bits per heavy atom. The molecule has 0 atom stereocenters. The molecule has 0 aliphatic carbocycles. The first-order valence-electron chi connectivity index (χ1n) is 6.30. The molecule has 2 aromatic carbocycles. The monoisotopic (exact) mass is 254 g/mol. The Labute approximate surface area is 113 Å².